The number of aromatic nitrogens is 7. The van der Waals surface area contributed by atoms with Gasteiger partial charge in [0.2, 0.25) is 0 Å². The molecule has 150 valence electrons. The lowest BCUT2D eigenvalue weighted by Gasteiger charge is -2.32. The van der Waals surface area contributed by atoms with E-state index in [2.05, 4.69) is 63.0 Å². The maximum absolute atomic E-state index is 4.85. The summed E-state index contributed by atoms with van der Waals surface area (Å²) in [6, 6.07) is 6.13. The molecule has 4 aromatic rings. The van der Waals surface area contributed by atoms with E-state index < -0.39 is 0 Å². The van der Waals surface area contributed by atoms with Crippen LogP contribution in [0.5, 0.6) is 0 Å². The Balaban J connectivity index is 1.40. The fraction of sp³-hybridized carbons (Fsp3) is 0.476. The van der Waals surface area contributed by atoms with Gasteiger partial charge in [0.05, 0.1) is 11.2 Å². The van der Waals surface area contributed by atoms with Crippen molar-refractivity contribution in [1.29, 1.82) is 0 Å². The Hall–Kier alpha value is -3.03. The van der Waals surface area contributed by atoms with Gasteiger partial charge in [0.15, 0.2) is 17.3 Å². The van der Waals surface area contributed by atoms with Crippen LogP contribution >= 0.6 is 0 Å². The molecule has 8 heteroatoms. The van der Waals surface area contributed by atoms with Crippen LogP contribution in [-0.2, 0) is 5.41 Å². The molecule has 0 amide bonds. The van der Waals surface area contributed by atoms with Gasteiger partial charge in [-0.05, 0) is 38.0 Å². The molecule has 1 aliphatic rings. The van der Waals surface area contributed by atoms with Crippen LogP contribution in [0.25, 0.3) is 16.7 Å². The summed E-state index contributed by atoms with van der Waals surface area (Å²) >= 11 is 0. The summed E-state index contributed by atoms with van der Waals surface area (Å²) in [7, 11) is 0. The zero-order valence-electron chi connectivity index (χ0n) is 17.3. The molecular weight excluding hydrogens is 364 g/mol. The third kappa shape index (κ3) is 3.12. The first-order valence-corrected chi connectivity index (χ1v) is 10.2. The number of anilines is 1. The Morgan fingerprint density at radius 3 is 2.62 bits per heavy atom. The molecule has 0 saturated carbocycles. The molecule has 1 saturated heterocycles. The minimum Gasteiger partial charge on any atom is -0.355 e. The monoisotopic (exact) mass is 390 g/mol. The number of aryl methyl sites for hydroxylation is 1. The summed E-state index contributed by atoms with van der Waals surface area (Å²) in [5.41, 5.74) is 4.95. The number of hydrogen-bond acceptors (Lipinski definition) is 6. The van der Waals surface area contributed by atoms with E-state index in [1.54, 1.807) is 6.33 Å². The van der Waals surface area contributed by atoms with Gasteiger partial charge in [-0.25, -0.2) is 9.97 Å². The van der Waals surface area contributed by atoms with E-state index in [1.807, 2.05) is 17.5 Å². The largest absolute Gasteiger partial charge is 0.355 e. The van der Waals surface area contributed by atoms with E-state index in [4.69, 9.17) is 5.10 Å². The number of piperidine rings is 1. The highest BCUT2D eigenvalue weighted by Gasteiger charge is 2.27. The van der Waals surface area contributed by atoms with Crippen molar-refractivity contribution >= 4 is 22.5 Å². The number of rotatable bonds is 2. The van der Waals surface area contributed by atoms with Crippen LogP contribution in [0.15, 0.2) is 24.5 Å². The lowest BCUT2D eigenvalue weighted by atomic mass is 9.92. The second-order valence-electron chi connectivity index (χ2n) is 8.97. The Kier molecular flexibility index (Phi) is 4.04. The lowest BCUT2D eigenvalue weighted by Crippen LogP contribution is -2.34. The molecule has 1 N–H and O–H groups in total. The number of nitrogens with zero attached hydrogens (tertiary/aromatic N) is 7. The van der Waals surface area contributed by atoms with Crippen LogP contribution < -0.4 is 4.90 Å². The molecule has 29 heavy (non-hydrogen) atoms. The second kappa shape index (κ2) is 6.50. The standard InChI is InChI=1S/C21H26N8/c1-13-11-15-18(24-13)20(23-12-22-15)28-9-7-14(8-10-28)19-26-25-17-6-5-16(21(2,3)4)27-29(17)19/h5-6,11-12,14,24H,7-10H2,1-4H3. The fourth-order valence-corrected chi connectivity index (χ4v) is 4.11. The second-order valence-corrected chi connectivity index (χ2v) is 8.97. The van der Waals surface area contributed by atoms with Crippen molar-refractivity contribution in [1.82, 2.24) is 34.8 Å². The molecule has 5 heterocycles. The van der Waals surface area contributed by atoms with Crippen molar-refractivity contribution in [3.8, 4) is 0 Å². The van der Waals surface area contributed by atoms with E-state index in [-0.39, 0.29) is 5.41 Å². The normalized spacial score (nSPS) is 16.2. The number of nitrogens with one attached hydrogen (secondary N) is 1. The smallest absolute Gasteiger partial charge is 0.177 e. The topological polar surface area (TPSA) is 87.9 Å². The summed E-state index contributed by atoms with van der Waals surface area (Å²) < 4.78 is 1.94. The van der Waals surface area contributed by atoms with Crippen molar-refractivity contribution in [2.24, 2.45) is 0 Å². The van der Waals surface area contributed by atoms with Gasteiger partial charge >= 0.3 is 0 Å². The van der Waals surface area contributed by atoms with Gasteiger partial charge in [0.25, 0.3) is 0 Å². The van der Waals surface area contributed by atoms with E-state index >= 15 is 0 Å². The summed E-state index contributed by atoms with van der Waals surface area (Å²) in [6.45, 7) is 10.4. The molecule has 1 aliphatic heterocycles. The summed E-state index contributed by atoms with van der Waals surface area (Å²) in [5.74, 6) is 2.29. The molecule has 8 nitrogen and oxygen atoms in total. The molecule has 4 aromatic heterocycles. The van der Waals surface area contributed by atoms with E-state index in [1.165, 1.54) is 0 Å². The SMILES string of the molecule is Cc1cc2ncnc(N3CCC(c4nnc5ccc(C(C)(C)C)nn45)CC3)c2[nH]1. The van der Waals surface area contributed by atoms with Crippen LogP contribution in [0.1, 0.15) is 56.7 Å². The fourth-order valence-electron chi connectivity index (χ4n) is 4.11. The van der Waals surface area contributed by atoms with E-state index in [9.17, 15) is 0 Å². The summed E-state index contributed by atoms with van der Waals surface area (Å²) in [6.07, 6.45) is 3.64. The average Bonchev–Trinajstić information content (AvgIpc) is 3.29. The molecule has 0 unspecified atom stereocenters. The molecule has 0 radical (unpaired) electrons. The predicted octanol–water partition coefficient (Wildman–Crippen LogP) is 3.39. The van der Waals surface area contributed by atoms with Gasteiger partial charge in [-0.1, -0.05) is 20.8 Å². The molecule has 0 aliphatic carbocycles. The third-order valence-electron chi connectivity index (χ3n) is 5.75. The zero-order chi connectivity index (χ0) is 20.2. The van der Waals surface area contributed by atoms with Gasteiger partial charge in [0.1, 0.15) is 11.8 Å². The van der Waals surface area contributed by atoms with Crippen LogP contribution in [0.2, 0.25) is 0 Å². The first kappa shape index (κ1) is 18.0. The highest BCUT2D eigenvalue weighted by molar-refractivity contribution is 5.86. The highest BCUT2D eigenvalue weighted by atomic mass is 15.4. The zero-order valence-corrected chi connectivity index (χ0v) is 17.3. The van der Waals surface area contributed by atoms with Gasteiger partial charge in [-0.3, -0.25) is 0 Å². The first-order valence-electron chi connectivity index (χ1n) is 10.2. The number of hydrogen-bond donors (Lipinski definition) is 1. The highest BCUT2D eigenvalue weighted by Crippen LogP contribution is 2.31. The Bertz CT molecular complexity index is 1170. The van der Waals surface area contributed by atoms with Crippen molar-refractivity contribution in [3.63, 3.8) is 0 Å². The van der Waals surface area contributed by atoms with Crippen LogP contribution in [0, 0.1) is 6.92 Å². The van der Waals surface area contributed by atoms with Gasteiger partial charge in [0, 0.05) is 30.1 Å². The Morgan fingerprint density at radius 1 is 1.07 bits per heavy atom. The van der Waals surface area contributed by atoms with Gasteiger partial charge in [-0.15, -0.1) is 10.2 Å². The maximum atomic E-state index is 4.85. The Morgan fingerprint density at radius 2 is 1.86 bits per heavy atom. The van der Waals surface area contributed by atoms with Gasteiger partial charge < -0.3 is 9.88 Å². The van der Waals surface area contributed by atoms with Crippen molar-refractivity contribution in [3.05, 3.63) is 41.7 Å². The first-order chi connectivity index (χ1) is 13.9. The summed E-state index contributed by atoms with van der Waals surface area (Å²) in [5, 5.41) is 13.7. The molecule has 5 rings (SSSR count). The predicted molar refractivity (Wildman–Crippen MR) is 112 cm³/mol. The minimum absolute atomic E-state index is 0.00828. The van der Waals surface area contributed by atoms with Crippen LogP contribution in [0.4, 0.5) is 5.82 Å². The molecule has 0 spiro atoms. The molecule has 0 aromatic carbocycles. The molecular formula is C21H26N8. The van der Waals surface area contributed by atoms with Crippen LogP contribution in [0.3, 0.4) is 0 Å². The number of fused-ring (bicyclic) bond motifs is 2. The van der Waals surface area contributed by atoms with Crippen molar-refractivity contribution in [2.45, 2.75) is 51.9 Å². The minimum atomic E-state index is -0.00828. The summed E-state index contributed by atoms with van der Waals surface area (Å²) in [4.78, 5) is 14.7. The lowest BCUT2D eigenvalue weighted by molar-refractivity contribution is 0.471. The molecule has 0 bridgehead atoms. The number of H-pyrrole nitrogens is 1. The average molecular weight is 390 g/mol. The molecule has 1 fully saturated rings. The maximum Gasteiger partial charge on any atom is 0.177 e. The van der Waals surface area contributed by atoms with Crippen molar-refractivity contribution < 1.29 is 0 Å². The van der Waals surface area contributed by atoms with Crippen LogP contribution in [-0.4, -0.2) is 47.9 Å². The third-order valence-corrected chi connectivity index (χ3v) is 5.75. The van der Waals surface area contributed by atoms with Crippen molar-refractivity contribution in [2.75, 3.05) is 18.0 Å². The van der Waals surface area contributed by atoms with E-state index in [0.29, 0.717) is 5.92 Å². The van der Waals surface area contributed by atoms with E-state index in [0.717, 1.165) is 65.6 Å². The quantitative estimate of drug-likeness (QED) is 0.564. The van der Waals surface area contributed by atoms with Gasteiger partial charge in [-0.2, -0.15) is 9.61 Å². The number of aromatic amines is 1. The Labute approximate surface area is 169 Å². The molecule has 0 atom stereocenters.